The number of hydrogen-bond donors (Lipinski definition) is 1. The van der Waals surface area contributed by atoms with Crippen LogP contribution in [0.5, 0.6) is 0 Å². The van der Waals surface area contributed by atoms with Crippen LogP contribution in [0.15, 0.2) is 69.5 Å². The number of carbonyl (C=O) groups is 1. The SMILES string of the molecule is CC(=CCC=C(C)CCCC(C)C=C1OC(=O)C(C)=C1O)CCCc1ccoc1. The summed E-state index contributed by atoms with van der Waals surface area (Å²) >= 11 is 0. The maximum atomic E-state index is 11.4. The Balaban J connectivity index is 1.64. The number of hydrogen-bond acceptors (Lipinski definition) is 4. The summed E-state index contributed by atoms with van der Waals surface area (Å²) < 4.78 is 10.2. The van der Waals surface area contributed by atoms with Crippen LogP contribution < -0.4 is 0 Å². The van der Waals surface area contributed by atoms with Crippen LogP contribution in [0.25, 0.3) is 0 Å². The van der Waals surface area contributed by atoms with Gasteiger partial charge in [0, 0.05) is 0 Å². The van der Waals surface area contributed by atoms with E-state index in [9.17, 15) is 9.90 Å². The fourth-order valence-electron chi connectivity index (χ4n) is 3.34. The smallest absolute Gasteiger partial charge is 0.343 e. The number of esters is 1. The van der Waals surface area contributed by atoms with Crippen molar-refractivity contribution in [3.63, 3.8) is 0 Å². The first-order valence-corrected chi connectivity index (χ1v) is 10.5. The van der Waals surface area contributed by atoms with E-state index in [0.29, 0.717) is 5.76 Å². The minimum absolute atomic E-state index is 0.0233. The third-order valence-corrected chi connectivity index (χ3v) is 5.31. The molecule has 0 fully saturated rings. The molecule has 1 aliphatic heterocycles. The predicted octanol–water partition coefficient (Wildman–Crippen LogP) is 6.96. The van der Waals surface area contributed by atoms with E-state index in [0.717, 1.165) is 44.9 Å². The van der Waals surface area contributed by atoms with Gasteiger partial charge in [-0.15, -0.1) is 0 Å². The molecule has 2 heterocycles. The molecule has 1 aromatic heterocycles. The lowest BCUT2D eigenvalue weighted by Crippen LogP contribution is -1.97. The van der Waals surface area contributed by atoms with Crippen LogP contribution in [0.4, 0.5) is 0 Å². The molecule has 1 N–H and O–H groups in total. The normalized spacial score (nSPS) is 17.9. The van der Waals surface area contributed by atoms with Crippen molar-refractivity contribution in [2.75, 3.05) is 0 Å². The average Bonchev–Trinajstić information content (AvgIpc) is 3.27. The first-order chi connectivity index (χ1) is 13.9. The highest BCUT2D eigenvalue weighted by Crippen LogP contribution is 2.26. The van der Waals surface area contributed by atoms with Crippen molar-refractivity contribution in [3.05, 3.63) is 70.6 Å². The third-order valence-electron chi connectivity index (χ3n) is 5.31. The summed E-state index contributed by atoms with van der Waals surface area (Å²) in [4.78, 5) is 11.4. The molecule has 1 aliphatic rings. The zero-order valence-electron chi connectivity index (χ0n) is 18.2. The van der Waals surface area contributed by atoms with Gasteiger partial charge in [0.1, 0.15) is 0 Å². The largest absolute Gasteiger partial charge is 0.504 e. The van der Waals surface area contributed by atoms with Gasteiger partial charge in [-0.2, -0.15) is 0 Å². The summed E-state index contributed by atoms with van der Waals surface area (Å²) in [6.07, 6.45) is 17.5. The Labute approximate surface area is 174 Å². The van der Waals surface area contributed by atoms with Crippen LogP contribution in [0.2, 0.25) is 0 Å². The van der Waals surface area contributed by atoms with Crippen molar-refractivity contribution in [2.24, 2.45) is 5.92 Å². The number of aliphatic hydroxyl groups is 1. The number of furan rings is 1. The molecule has 4 heteroatoms. The van der Waals surface area contributed by atoms with E-state index < -0.39 is 5.97 Å². The Bertz CT molecular complexity index is 791. The number of carbonyl (C=O) groups excluding carboxylic acids is 1. The standard InChI is InChI=1S/C25H34O4/c1-18(8-5-9-19(2)11-7-13-22-14-15-28-17-22)10-6-12-20(3)16-23-24(26)21(4)25(27)29-23/h8-9,14-17,20,26H,5-7,10-13H2,1-4H3. The molecule has 0 aliphatic carbocycles. The van der Waals surface area contributed by atoms with Gasteiger partial charge in [-0.1, -0.05) is 30.2 Å². The lowest BCUT2D eigenvalue weighted by Gasteiger charge is -2.08. The molecule has 0 spiro atoms. The zero-order chi connectivity index (χ0) is 21.2. The van der Waals surface area contributed by atoms with E-state index in [1.54, 1.807) is 13.2 Å². The summed E-state index contributed by atoms with van der Waals surface area (Å²) in [5, 5.41) is 9.88. The second-order valence-electron chi connectivity index (χ2n) is 8.09. The summed E-state index contributed by atoms with van der Waals surface area (Å²) in [5.41, 5.74) is 4.39. The number of aliphatic hydroxyl groups excluding tert-OH is 1. The summed E-state index contributed by atoms with van der Waals surface area (Å²) in [6.45, 7) is 8.04. The van der Waals surface area contributed by atoms with Crippen LogP contribution in [0, 0.1) is 5.92 Å². The highest BCUT2D eigenvalue weighted by molar-refractivity contribution is 5.93. The molecule has 1 unspecified atom stereocenters. The zero-order valence-corrected chi connectivity index (χ0v) is 18.2. The van der Waals surface area contributed by atoms with E-state index >= 15 is 0 Å². The van der Waals surface area contributed by atoms with Crippen molar-refractivity contribution < 1.29 is 19.1 Å². The van der Waals surface area contributed by atoms with Gasteiger partial charge in [-0.25, -0.2) is 4.79 Å². The van der Waals surface area contributed by atoms with Crippen LogP contribution in [0.1, 0.15) is 71.8 Å². The second-order valence-corrected chi connectivity index (χ2v) is 8.09. The quantitative estimate of drug-likeness (QED) is 0.323. The van der Waals surface area contributed by atoms with E-state index in [1.807, 2.05) is 18.4 Å². The van der Waals surface area contributed by atoms with Gasteiger partial charge in [0.15, 0.2) is 11.5 Å². The number of aryl methyl sites for hydroxylation is 1. The molecular formula is C25H34O4. The molecule has 158 valence electrons. The van der Waals surface area contributed by atoms with Gasteiger partial charge >= 0.3 is 5.97 Å². The summed E-state index contributed by atoms with van der Waals surface area (Å²) in [7, 11) is 0. The first kappa shape index (κ1) is 22.8. The van der Waals surface area contributed by atoms with Crippen LogP contribution in [0.3, 0.4) is 0 Å². The number of rotatable bonds is 11. The minimum atomic E-state index is -0.454. The molecule has 0 saturated carbocycles. The topological polar surface area (TPSA) is 59.7 Å². The summed E-state index contributed by atoms with van der Waals surface area (Å²) in [6, 6.07) is 2.03. The average molecular weight is 399 g/mol. The lowest BCUT2D eigenvalue weighted by molar-refractivity contribution is -0.133. The molecule has 0 radical (unpaired) electrons. The molecule has 0 saturated heterocycles. The van der Waals surface area contributed by atoms with Gasteiger partial charge in [0.25, 0.3) is 0 Å². The third kappa shape index (κ3) is 7.80. The molecule has 1 atom stereocenters. The number of allylic oxidation sites excluding steroid dienone is 5. The van der Waals surface area contributed by atoms with E-state index in [-0.39, 0.29) is 17.3 Å². The number of ether oxygens (including phenoxy) is 1. The van der Waals surface area contributed by atoms with Gasteiger partial charge in [-0.05, 0) is 89.3 Å². The molecule has 2 rings (SSSR count). The monoisotopic (exact) mass is 398 g/mol. The van der Waals surface area contributed by atoms with Crippen LogP contribution >= 0.6 is 0 Å². The second kappa shape index (κ2) is 11.5. The molecular weight excluding hydrogens is 364 g/mol. The van der Waals surface area contributed by atoms with Gasteiger partial charge in [0.05, 0.1) is 18.1 Å². The van der Waals surface area contributed by atoms with Gasteiger partial charge < -0.3 is 14.3 Å². The fraction of sp³-hybridized carbons (Fsp3) is 0.480. The van der Waals surface area contributed by atoms with Crippen molar-refractivity contribution in [1.82, 2.24) is 0 Å². The molecule has 1 aromatic rings. The Hall–Kier alpha value is -2.49. The Morgan fingerprint density at radius 2 is 1.86 bits per heavy atom. The molecule has 0 bridgehead atoms. The maximum Gasteiger partial charge on any atom is 0.343 e. The minimum Gasteiger partial charge on any atom is -0.504 e. The van der Waals surface area contributed by atoms with E-state index in [4.69, 9.17) is 9.15 Å². The lowest BCUT2D eigenvalue weighted by atomic mass is 10.00. The van der Waals surface area contributed by atoms with Crippen molar-refractivity contribution in [3.8, 4) is 0 Å². The highest BCUT2D eigenvalue weighted by atomic mass is 16.6. The van der Waals surface area contributed by atoms with Crippen molar-refractivity contribution >= 4 is 5.97 Å². The van der Waals surface area contributed by atoms with E-state index in [2.05, 4.69) is 32.9 Å². The summed E-state index contributed by atoms with van der Waals surface area (Å²) in [5.74, 6) is 0.0751. The molecule has 4 nitrogen and oxygen atoms in total. The number of cyclic esters (lactones) is 1. The van der Waals surface area contributed by atoms with E-state index in [1.165, 1.54) is 16.7 Å². The van der Waals surface area contributed by atoms with Crippen molar-refractivity contribution in [1.29, 1.82) is 0 Å². The maximum absolute atomic E-state index is 11.4. The van der Waals surface area contributed by atoms with Gasteiger partial charge in [-0.3, -0.25) is 0 Å². The Kier molecular flexibility index (Phi) is 9.04. The molecule has 29 heavy (non-hydrogen) atoms. The van der Waals surface area contributed by atoms with Crippen LogP contribution in [-0.4, -0.2) is 11.1 Å². The van der Waals surface area contributed by atoms with Crippen molar-refractivity contribution in [2.45, 2.75) is 72.6 Å². The Morgan fingerprint density at radius 1 is 1.17 bits per heavy atom. The highest BCUT2D eigenvalue weighted by Gasteiger charge is 2.26. The van der Waals surface area contributed by atoms with Gasteiger partial charge in [0.2, 0.25) is 0 Å². The molecule has 0 aromatic carbocycles. The van der Waals surface area contributed by atoms with Crippen LogP contribution in [-0.2, 0) is 16.0 Å². The Morgan fingerprint density at radius 3 is 2.45 bits per heavy atom. The molecule has 0 amide bonds. The first-order valence-electron chi connectivity index (χ1n) is 10.5. The fourth-order valence-corrected chi connectivity index (χ4v) is 3.34. The predicted molar refractivity (Wildman–Crippen MR) is 116 cm³/mol.